The molecule has 3 heterocycles. The lowest BCUT2D eigenvalue weighted by atomic mass is 10.1. The Morgan fingerprint density at radius 2 is 1.96 bits per heavy atom. The Balaban J connectivity index is 1.73. The van der Waals surface area contributed by atoms with Crippen LogP contribution in [0.4, 0.5) is 11.6 Å². The number of amides is 1. The van der Waals surface area contributed by atoms with E-state index >= 15 is 0 Å². The van der Waals surface area contributed by atoms with Gasteiger partial charge in [-0.2, -0.15) is 0 Å². The van der Waals surface area contributed by atoms with Gasteiger partial charge in [0.05, 0.1) is 13.2 Å². The largest absolute Gasteiger partial charge is 0.439 e. The fourth-order valence-electron chi connectivity index (χ4n) is 3.15. The third kappa shape index (κ3) is 3.28. The van der Waals surface area contributed by atoms with Gasteiger partial charge in [-0.25, -0.2) is 0 Å². The molecule has 0 bridgehead atoms. The number of ether oxygens (including phenoxy) is 1. The highest BCUT2D eigenvalue weighted by Crippen LogP contribution is 2.35. The van der Waals surface area contributed by atoms with Gasteiger partial charge in [-0.1, -0.05) is 12.1 Å². The lowest BCUT2D eigenvalue weighted by molar-refractivity contribution is -0.113. The fourth-order valence-corrected chi connectivity index (χ4v) is 4.06. The molecule has 1 aromatic carbocycles. The highest BCUT2D eigenvalue weighted by molar-refractivity contribution is 7.17. The smallest absolute Gasteiger partial charge is 0.302 e. The van der Waals surface area contributed by atoms with E-state index in [1.807, 2.05) is 34.5 Å². The SMILES string of the molecule is C#CC(=O)N(C)c1ccc(-c2csc3c(=O)cc(N4CCOCC4)oc23)cc1. The van der Waals surface area contributed by atoms with Crippen LogP contribution < -0.4 is 15.2 Å². The van der Waals surface area contributed by atoms with Crippen LogP contribution in [-0.2, 0) is 9.53 Å². The van der Waals surface area contributed by atoms with Crippen LogP contribution in [0.3, 0.4) is 0 Å². The quantitative estimate of drug-likeness (QED) is 0.639. The minimum atomic E-state index is -0.408. The van der Waals surface area contributed by atoms with Crippen molar-refractivity contribution >= 4 is 39.1 Å². The lowest BCUT2D eigenvalue weighted by Gasteiger charge is -2.27. The van der Waals surface area contributed by atoms with Crippen LogP contribution in [0.25, 0.3) is 21.4 Å². The molecule has 0 spiro atoms. The van der Waals surface area contributed by atoms with Crippen molar-refractivity contribution in [3.8, 4) is 23.5 Å². The Kier molecular flexibility index (Phi) is 4.90. The minimum absolute atomic E-state index is 0.0463. The first kappa shape index (κ1) is 18.3. The molecule has 7 heteroatoms. The maximum atomic E-state index is 12.6. The number of hydrogen-bond acceptors (Lipinski definition) is 6. The molecule has 142 valence electrons. The second-order valence-corrected chi connectivity index (χ2v) is 7.29. The highest BCUT2D eigenvalue weighted by atomic mass is 32.1. The molecule has 0 atom stereocenters. The number of morpholine rings is 1. The maximum absolute atomic E-state index is 12.6. The average Bonchev–Trinajstić information content (AvgIpc) is 3.18. The number of thiophene rings is 1. The molecule has 1 aliphatic rings. The van der Waals surface area contributed by atoms with Crippen LogP contribution in [0.15, 0.2) is 44.9 Å². The summed E-state index contributed by atoms with van der Waals surface area (Å²) in [6.45, 7) is 2.61. The summed E-state index contributed by atoms with van der Waals surface area (Å²) in [4.78, 5) is 27.7. The summed E-state index contributed by atoms with van der Waals surface area (Å²) >= 11 is 1.37. The topological polar surface area (TPSA) is 63.0 Å². The van der Waals surface area contributed by atoms with Crippen molar-refractivity contribution in [2.24, 2.45) is 0 Å². The van der Waals surface area contributed by atoms with E-state index in [0.717, 1.165) is 11.1 Å². The van der Waals surface area contributed by atoms with Crippen LogP contribution in [-0.4, -0.2) is 39.3 Å². The van der Waals surface area contributed by atoms with E-state index in [0.29, 0.717) is 48.2 Å². The molecule has 1 fully saturated rings. The van der Waals surface area contributed by atoms with Crippen molar-refractivity contribution in [3.05, 3.63) is 45.9 Å². The number of hydrogen-bond donors (Lipinski definition) is 0. The molecule has 0 unspecified atom stereocenters. The molecule has 1 aliphatic heterocycles. The van der Waals surface area contributed by atoms with Gasteiger partial charge in [-0.05, 0) is 23.6 Å². The molecule has 0 aliphatic carbocycles. The van der Waals surface area contributed by atoms with E-state index in [-0.39, 0.29) is 5.43 Å². The number of benzene rings is 1. The first-order valence-corrected chi connectivity index (χ1v) is 9.69. The normalized spacial score (nSPS) is 14.1. The third-order valence-electron chi connectivity index (χ3n) is 4.75. The number of fused-ring (bicyclic) bond motifs is 1. The molecule has 28 heavy (non-hydrogen) atoms. The standard InChI is InChI=1S/C21H18N2O4S/c1-3-18(25)22(2)15-6-4-14(5-7-15)16-13-28-21-17(24)12-19(27-20(16)21)23-8-10-26-11-9-23/h1,4-7,12-13H,8-11H2,2H3. The number of anilines is 2. The highest BCUT2D eigenvalue weighted by Gasteiger charge is 2.19. The third-order valence-corrected chi connectivity index (χ3v) is 5.72. The second-order valence-electron chi connectivity index (χ2n) is 6.41. The number of carbonyl (C=O) groups is 1. The van der Waals surface area contributed by atoms with Crippen LogP contribution in [0.2, 0.25) is 0 Å². The van der Waals surface area contributed by atoms with E-state index < -0.39 is 5.91 Å². The first-order valence-electron chi connectivity index (χ1n) is 8.81. The zero-order valence-electron chi connectivity index (χ0n) is 15.3. The first-order chi connectivity index (χ1) is 13.6. The Morgan fingerprint density at radius 1 is 1.25 bits per heavy atom. The molecule has 3 aromatic rings. The van der Waals surface area contributed by atoms with Crippen molar-refractivity contribution in [3.63, 3.8) is 0 Å². The van der Waals surface area contributed by atoms with Gasteiger partial charge in [-0.3, -0.25) is 9.59 Å². The lowest BCUT2D eigenvalue weighted by Crippen LogP contribution is -2.36. The van der Waals surface area contributed by atoms with Crippen molar-refractivity contribution in [2.75, 3.05) is 43.2 Å². The molecule has 0 radical (unpaired) electrons. The number of nitrogens with zero attached hydrogens (tertiary/aromatic N) is 2. The molecule has 1 amide bonds. The van der Waals surface area contributed by atoms with Gasteiger partial charge >= 0.3 is 5.91 Å². The van der Waals surface area contributed by atoms with E-state index in [9.17, 15) is 9.59 Å². The molecule has 0 N–H and O–H groups in total. The van der Waals surface area contributed by atoms with Crippen LogP contribution in [0.1, 0.15) is 0 Å². The summed E-state index contributed by atoms with van der Waals surface area (Å²) in [5.74, 6) is 2.26. The summed E-state index contributed by atoms with van der Waals surface area (Å²) in [6, 6.07) is 8.96. The zero-order valence-corrected chi connectivity index (χ0v) is 16.1. The monoisotopic (exact) mass is 394 g/mol. The molecule has 2 aromatic heterocycles. The van der Waals surface area contributed by atoms with Gasteiger partial charge < -0.3 is 19.0 Å². The number of rotatable bonds is 3. The van der Waals surface area contributed by atoms with Crippen LogP contribution in [0.5, 0.6) is 0 Å². The molecule has 1 saturated heterocycles. The van der Waals surface area contributed by atoms with Crippen molar-refractivity contribution in [2.45, 2.75) is 0 Å². The van der Waals surface area contributed by atoms with Gasteiger partial charge in [0.15, 0.2) is 11.5 Å². The Bertz CT molecular complexity index is 1120. The Hall–Kier alpha value is -3.08. The van der Waals surface area contributed by atoms with Crippen LogP contribution >= 0.6 is 11.3 Å². The van der Waals surface area contributed by atoms with E-state index in [4.69, 9.17) is 15.6 Å². The minimum Gasteiger partial charge on any atom is -0.439 e. The Morgan fingerprint density at radius 3 is 2.64 bits per heavy atom. The number of terminal acetylenes is 1. The fraction of sp³-hybridized carbons (Fsp3) is 0.238. The van der Waals surface area contributed by atoms with Gasteiger partial charge in [0.1, 0.15) is 4.70 Å². The van der Waals surface area contributed by atoms with Gasteiger partial charge in [-0.15, -0.1) is 17.8 Å². The summed E-state index contributed by atoms with van der Waals surface area (Å²) in [5.41, 5.74) is 2.99. The molecular formula is C21H18N2O4S. The van der Waals surface area contributed by atoms with E-state index in [2.05, 4.69) is 5.92 Å². The predicted octanol–water partition coefficient (Wildman–Crippen LogP) is 2.95. The van der Waals surface area contributed by atoms with Crippen molar-refractivity contribution in [1.29, 1.82) is 0 Å². The Labute approximate surface area is 165 Å². The summed E-state index contributed by atoms with van der Waals surface area (Å²) in [7, 11) is 1.63. The predicted molar refractivity (Wildman–Crippen MR) is 111 cm³/mol. The average molecular weight is 394 g/mol. The summed E-state index contributed by atoms with van der Waals surface area (Å²) in [5, 5.41) is 1.92. The van der Waals surface area contributed by atoms with Gasteiger partial charge in [0.2, 0.25) is 5.43 Å². The molecule has 4 rings (SSSR count). The van der Waals surface area contributed by atoms with Crippen LogP contribution in [0, 0.1) is 12.3 Å². The number of carbonyl (C=O) groups excluding carboxylic acids is 1. The summed E-state index contributed by atoms with van der Waals surface area (Å²) in [6.07, 6.45) is 5.18. The van der Waals surface area contributed by atoms with E-state index in [1.54, 1.807) is 13.1 Å². The second kappa shape index (κ2) is 7.50. The van der Waals surface area contributed by atoms with E-state index in [1.165, 1.54) is 16.2 Å². The molecular weight excluding hydrogens is 376 g/mol. The van der Waals surface area contributed by atoms with Crippen molar-refractivity contribution < 1.29 is 13.9 Å². The van der Waals surface area contributed by atoms with Gasteiger partial charge in [0.25, 0.3) is 0 Å². The molecule has 0 saturated carbocycles. The van der Waals surface area contributed by atoms with Gasteiger partial charge in [0, 0.05) is 42.8 Å². The maximum Gasteiger partial charge on any atom is 0.302 e. The van der Waals surface area contributed by atoms with Crippen molar-refractivity contribution in [1.82, 2.24) is 0 Å². The molecule has 6 nitrogen and oxygen atoms in total. The zero-order chi connectivity index (χ0) is 19.7. The summed E-state index contributed by atoms with van der Waals surface area (Å²) < 4.78 is 12.1.